The summed E-state index contributed by atoms with van der Waals surface area (Å²) in [5, 5.41) is 9.74. The molecule has 0 amide bonds. The minimum atomic E-state index is 0.0106. The molecule has 0 bridgehead atoms. The Hall–Kier alpha value is -1.21. The van der Waals surface area contributed by atoms with Crippen molar-refractivity contribution in [1.82, 2.24) is 4.57 Å². The van der Waals surface area contributed by atoms with E-state index in [0.717, 1.165) is 22.9 Å². The molecule has 0 radical (unpaired) electrons. The second-order valence-electron chi connectivity index (χ2n) is 2.96. The number of aromatic nitrogens is 1. The van der Waals surface area contributed by atoms with Gasteiger partial charge in [-0.2, -0.15) is 5.26 Å². The van der Waals surface area contributed by atoms with Crippen LogP contribution in [0.3, 0.4) is 0 Å². The minimum absolute atomic E-state index is 0.0106. The van der Waals surface area contributed by atoms with Crippen LogP contribution in [0.5, 0.6) is 0 Å². The Balaban J connectivity index is 2.81. The van der Waals surface area contributed by atoms with Gasteiger partial charge in [0.2, 0.25) is 0 Å². The maximum atomic E-state index is 11.4. The molecule has 66 valence electrons. The number of aryl methyl sites for hydroxylation is 1. The molecule has 0 fully saturated rings. The van der Waals surface area contributed by atoms with E-state index in [9.17, 15) is 4.79 Å². The Labute approximate surface area is 80.0 Å². The maximum Gasteiger partial charge on any atom is 0.251 e. The SMILES string of the molecule is Cc1cc(=O)n2c(c1C#N)SCC2. The lowest BCUT2D eigenvalue weighted by molar-refractivity contribution is 0.687. The van der Waals surface area contributed by atoms with Crippen molar-refractivity contribution in [3.8, 4) is 6.07 Å². The fourth-order valence-corrected chi connectivity index (χ4v) is 2.63. The highest BCUT2D eigenvalue weighted by Crippen LogP contribution is 2.28. The molecule has 3 nitrogen and oxygen atoms in total. The van der Waals surface area contributed by atoms with E-state index in [-0.39, 0.29) is 5.56 Å². The van der Waals surface area contributed by atoms with Crippen LogP contribution >= 0.6 is 11.8 Å². The fraction of sp³-hybridized carbons (Fsp3) is 0.333. The number of nitriles is 1. The van der Waals surface area contributed by atoms with E-state index in [2.05, 4.69) is 6.07 Å². The van der Waals surface area contributed by atoms with Crippen LogP contribution in [-0.2, 0) is 6.54 Å². The summed E-state index contributed by atoms with van der Waals surface area (Å²) in [6.45, 7) is 2.54. The molecule has 0 unspecified atom stereocenters. The molecule has 0 N–H and O–H groups in total. The van der Waals surface area contributed by atoms with Crippen molar-refractivity contribution in [3.05, 3.63) is 27.5 Å². The van der Waals surface area contributed by atoms with Crippen LogP contribution in [-0.4, -0.2) is 10.3 Å². The summed E-state index contributed by atoms with van der Waals surface area (Å²) in [7, 11) is 0. The lowest BCUT2D eigenvalue weighted by Crippen LogP contribution is -2.19. The van der Waals surface area contributed by atoms with Crippen molar-refractivity contribution in [1.29, 1.82) is 5.26 Å². The Morgan fingerprint density at radius 2 is 2.46 bits per heavy atom. The molecule has 0 saturated carbocycles. The third kappa shape index (κ3) is 1.16. The first-order valence-corrected chi connectivity index (χ1v) is 5.00. The summed E-state index contributed by atoms with van der Waals surface area (Å²) in [6.07, 6.45) is 0. The largest absolute Gasteiger partial charge is 0.301 e. The molecule has 0 atom stereocenters. The molecule has 1 aromatic heterocycles. The number of thioether (sulfide) groups is 1. The minimum Gasteiger partial charge on any atom is -0.301 e. The molecule has 1 aromatic rings. The lowest BCUT2D eigenvalue weighted by atomic mass is 10.2. The maximum absolute atomic E-state index is 11.4. The average molecular weight is 192 g/mol. The summed E-state index contributed by atoms with van der Waals surface area (Å²) in [5.74, 6) is 0.896. The Morgan fingerprint density at radius 1 is 1.69 bits per heavy atom. The lowest BCUT2D eigenvalue weighted by Gasteiger charge is -2.04. The Kier molecular flexibility index (Phi) is 1.89. The number of hydrogen-bond donors (Lipinski definition) is 0. The van der Waals surface area contributed by atoms with E-state index in [4.69, 9.17) is 5.26 Å². The van der Waals surface area contributed by atoms with Crippen LogP contribution in [0.1, 0.15) is 11.1 Å². The van der Waals surface area contributed by atoms with E-state index < -0.39 is 0 Å². The van der Waals surface area contributed by atoms with Crippen LogP contribution in [0.2, 0.25) is 0 Å². The van der Waals surface area contributed by atoms with Crippen molar-refractivity contribution in [2.45, 2.75) is 18.5 Å². The first kappa shape index (κ1) is 8.39. The summed E-state index contributed by atoms with van der Waals surface area (Å²) >= 11 is 1.59. The molecule has 2 rings (SSSR count). The normalized spacial score (nSPS) is 13.8. The van der Waals surface area contributed by atoms with Gasteiger partial charge in [-0.3, -0.25) is 4.79 Å². The van der Waals surface area contributed by atoms with Gasteiger partial charge in [0.05, 0.1) is 10.6 Å². The molecule has 1 aliphatic heterocycles. The zero-order valence-corrected chi connectivity index (χ0v) is 8.02. The number of hydrogen-bond acceptors (Lipinski definition) is 3. The highest BCUT2D eigenvalue weighted by atomic mass is 32.2. The van der Waals surface area contributed by atoms with Gasteiger partial charge in [-0.15, -0.1) is 11.8 Å². The quantitative estimate of drug-likeness (QED) is 0.619. The predicted octanol–water partition coefficient (Wildman–Crippen LogP) is 1.13. The monoisotopic (exact) mass is 192 g/mol. The van der Waals surface area contributed by atoms with Gasteiger partial charge in [-0.05, 0) is 12.5 Å². The predicted molar refractivity (Wildman–Crippen MR) is 50.9 cm³/mol. The van der Waals surface area contributed by atoms with Gasteiger partial charge in [0, 0.05) is 18.4 Å². The molecule has 0 saturated heterocycles. The van der Waals surface area contributed by atoms with Crippen molar-refractivity contribution in [2.75, 3.05) is 5.75 Å². The van der Waals surface area contributed by atoms with Gasteiger partial charge < -0.3 is 4.57 Å². The molecule has 0 spiro atoms. The van der Waals surface area contributed by atoms with Crippen LogP contribution in [0, 0.1) is 18.3 Å². The molecular weight excluding hydrogens is 184 g/mol. The second-order valence-corrected chi connectivity index (χ2v) is 4.04. The van der Waals surface area contributed by atoms with Gasteiger partial charge >= 0.3 is 0 Å². The standard InChI is InChI=1S/C9H8N2OS/c1-6-4-8(12)11-2-3-13-9(11)7(6)5-10/h4H,2-3H2,1H3. The van der Waals surface area contributed by atoms with E-state index >= 15 is 0 Å². The van der Waals surface area contributed by atoms with E-state index in [1.807, 2.05) is 0 Å². The third-order valence-corrected chi connectivity index (χ3v) is 3.21. The van der Waals surface area contributed by atoms with E-state index in [0.29, 0.717) is 5.56 Å². The Bertz CT molecular complexity index is 456. The number of rotatable bonds is 0. The van der Waals surface area contributed by atoms with Crippen molar-refractivity contribution in [2.24, 2.45) is 0 Å². The summed E-state index contributed by atoms with van der Waals surface area (Å²) in [4.78, 5) is 11.4. The van der Waals surface area contributed by atoms with Crippen molar-refractivity contribution >= 4 is 11.8 Å². The Morgan fingerprint density at radius 3 is 3.15 bits per heavy atom. The van der Waals surface area contributed by atoms with Gasteiger partial charge in [0.15, 0.2) is 0 Å². The first-order chi connectivity index (χ1) is 6.24. The molecule has 4 heteroatoms. The first-order valence-electron chi connectivity index (χ1n) is 4.01. The summed E-state index contributed by atoms with van der Waals surface area (Å²) in [6, 6.07) is 3.68. The molecule has 2 heterocycles. The fourth-order valence-electron chi connectivity index (χ4n) is 1.47. The van der Waals surface area contributed by atoms with Crippen LogP contribution < -0.4 is 5.56 Å². The topological polar surface area (TPSA) is 45.8 Å². The zero-order chi connectivity index (χ0) is 9.42. The van der Waals surface area contributed by atoms with Crippen LogP contribution in [0.25, 0.3) is 0 Å². The van der Waals surface area contributed by atoms with Gasteiger partial charge in [0.25, 0.3) is 5.56 Å². The number of pyridine rings is 1. The van der Waals surface area contributed by atoms with E-state index in [1.54, 1.807) is 23.3 Å². The molecule has 1 aliphatic rings. The molecule has 13 heavy (non-hydrogen) atoms. The summed E-state index contributed by atoms with van der Waals surface area (Å²) in [5.41, 5.74) is 1.45. The van der Waals surface area contributed by atoms with Gasteiger partial charge in [-0.25, -0.2) is 0 Å². The zero-order valence-electron chi connectivity index (χ0n) is 7.20. The smallest absolute Gasteiger partial charge is 0.251 e. The third-order valence-electron chi connectivity index (χ3n) is 2.12. The molecule has 0 aromatic carbocycles. The van der Waals surface area contributed by atoms with Crippen LogP contribution in [0.15, 0.2) is 15.9 Å². The molecular formula is C9H8N2OS. The average Bonchev–Trinajstić information content (AvgIpc) is 2.53. The van der Waals surface area contributed by atoms with Crippen LogP contribution in [0.4, 0.5) is 0 Å². The second kappa shape index (κ2) is 2.93. The molecule has 0 aliphatic carbocycles. The van der Waals surface area contributed by atoms with Gasteiger partial charge in [-0.1, -0.05) is 0 Å². The van der Waals surface area contributed by atoms with E-state index in [1.165, 1.54) is 6.07 Å². The van der Waals surface area contributed by atoms with Gasteiger partial charge in [0.1, 0.15) is 6.07 Å². The number of nitrogens with zero attached hydrogens (tertiary/aromatic N) is 2. The summed E-state index contributed by atoms with van der Waals surface area (Å²) < 4.78 is 1.68. The van der Waals surface area contributed by atoms with Crippen molar-refractivity contribution in [3.63, 3.8) is 0 Å². The highest BCUT2D eigenvalue weighted by Gasteiger charge is 2.18. The van der Waals surface area contributed by atoms with Crippen molar-refractivity contribution < 1.29 is 0 Å². The number of fused-ring (bicyclic) bond motifs is 1. The highest BCUT2D eigenvalue weighted by molar-refractivity contribution is 7.99.